The SMILES string of the molecule is O=P(OC=C(Cl)Cl)(OCC(F)(F)C(F)F)OCC(F)(F)C(F)F. The molecule has 138 valence electrons. The monoisotopic (exact) mass is 420 g/mol. The Morgan fingerprint density at radius 2 is 1.30 bits per heavy atom. The average molecular weight is 421 g/mol. The van der Waals surface area contributed by atoms with Gasteiger partial charge in [-0.2, -0.15) is 17.6 Å². The quantitative estimate of drug-likeness (QED) is 0.276. The van der Waals surface area contributed by atoms with Crippen molar-refractivity contribution < 1.29 is 53.3 Å². The molecule has 0 saturated heterocycles. The molecule has 23 heavy (non-hydrogen) atoms. The van der Waals surface area contributed by atoms with Crippen molar-refractivity contribution in [2.75, 3.05) is 13.2 Å². The number of phosphoric acid groups is 1. The fraction of sp³-hybridized carbons (Fsp3) is 0.750. The Kier molecular flexibility index (Phi) is 8.59. The van der Waals surface area contributed by atoms with Crippen molar-refractivity contribution in [2.24, 2.45) is 0 Å². The molecule has 15 heteroatoms. The molecule has 0 aromatic carbocycles. The molecule has 0 unspecified atom stereocenters. The van der Waals surface area contributed by atoms with Gasteiger partial charge in [-0.1, -0.05) is 23.2 Å². The summed E-state index contributed by atoms with van der Waals surface area (Å²) >= 11 is 10.00. The highest BCUT2D eigenvalue weighted by molar-refractivity contribution is 7.48. The van der Waals surface area contributed by atoms with E-state index < -0.39 is 50.2 Å². The lowest BCUT2D eigenvalue weighted by Gasteiger charge is -2.22. The van der Waals surface area contributed by atoms with Crippen LogP contribution in [0.5, 0.6) is 0 Å². The molecular formula is C8H7Cl2F8O4P. The van der Waals surface area contributed by atoms with Gasteiger partial charge in [0, 0.05) is 0 Å². The van der Waals surface area contributed by atoms with Crippen LogP contribution in [0.15, 0.2) is 10.8 Å². The Bertz CT molecular complexity index is 429. The van der Waals surface area contributed by atoms with Gasteiger partial charge in [0.15, 0.2) is 0 Å². The number of hydrogen-bond acceptors (Lipinski definition) is 4. The van der Waals surface area contributed by atoms with Crippen LogP contribution in [0, 0.1) is 0 Å². The van der Waals surface area contributed by atoms with Crippen molar-refractivity contribution in [3.8, 4) is 0 Å². The lowest BCUT2D eigenvalue weighted by molar-refractivity contribution is -0.162. The third kappa shape index (κ3) is 8.39. The van der Waals surface area contributed by atoms with E-state index >= 15 is 0 Å². The number of rotatable bonds is 10. The lowest BCUT2D eigenvalue weighted by atomic mass is 10.4. The first-order chi connectivity index (χ1) is 10.2. The highest BCUT2D eigenvalue weighted by atomic mass is 35.5. The normalized spacial score (nSPS) is 13.6. The van der Waals surface area contributed by atoms with Crippen molar-refractivity contribution in [2.45, 2.75) is 24.7 Å². The zero-order valence-electron chi connectivity index (χ0n) is 10.5. The fourth-order valence-corrected chi connectivity index (χ4v) is 1.96. The second-order valence-electron chi connectivity index (χ2n) is 3.63. The molecule has 0 aromatic heterocycles. The lowest BCUT2D eigenvalue weighted by Crippen LogP contribution is -2.34. The molecule has 0 saturated carbocycles. The Balaban J connectivity index is 5.04. The Morgan fingerprint density at radius 3 is 1.57 bits per heavy atom. The molecule has 0 bridgehead atoms. The summed E-state index contributed by atoms with van der Waals surface area (Å²) in [4.78, 5) is 0. The molecule has 0 N–H and O–H groups in total. The molecule has 0 radical (unpaired) electrons. The first-order valence-corrected chi connectivity index (χ1v) is 7.34. The van der Waals surface area contributed by atoms with Gasteiger partial charge in [-0.25, -0.2) is 22.1 Å². The van der Waals surface area contributed by atoms with E-state index in [1.807, 2.05) is 0 Å². The van der Waals surface area contributed by atoms with Crippen molar-refractivity contribution in [3.05, 3.63) is 10.8 Å². The summed E-state index contributed by atoms with van der Waals surface area (Å²) in [6.45, 7) is -4.56. The van der Waals surface area contributed by atoms with Gasteiger partial charge in [0.05, 0.1) is 0 Å². The van der Waals surface area contributed by atoms with Crippen LogP contribution >= 0.6 is 31.0 Å². The molecular weight excluding hydrogens is 414 g/mol. The standard InChI is InChI=1S/C8H7Cl2F8O4P/c9-4(10)1-20-23(19,21-2-7(15,16)5(11)12)22-3-8(17,18)6(13)14/h1,5-6H,2-3H2. The minimum atomic E-state index is -5.42. The highest BCUT2D eigenvalue weighted by Gasteiger charge is 2.47. The Labute approximate surface area is 133 Å². The number of phosphoric ester groups is 1. The van der Waals surface area contributed by atoms with Crippen molar-refractivity contribution in [3.63, 3.8) is 0 Å². The minimum Gasteiger partial charge on any atom is -0.409 e. The third-order valence-corrected chi connectivity index (χ3v) is 3.17. The highest BCUT2D eigenvalue weighted by Crippen LogP contribution is 2.52. The maximum Gasteiger partial charge on any atom is 0.529 e. The van der Waals surface area contributed by atoms with E-state index in [0.29, 0.717) is 0 Å². The smallest absolute Gasteiger partial charge is 0.409 e. The van der Waals surface area contributed by atoms with Crippen molar-refractivity contribution >= 4 is 31.0 Å². The van der Waals surface area contributed by atoms with Gasteiger partial charge in [-0.3, -0.25) is 9.05 Å². The van der Waals surface area contributed by atoms with Crippen LogP contribution in [-0.4, -0.2) is 37.9 Å². The van der Waals surface area contributed by atoms with Gasteiger partial charge in [0.1, 0.15) is 24.0 Å². The average Bonchev–Trinajstić information content (AvgIpc) is 2.41. The minimum absolute atomic E-state index is 0.116. The predicted molar refractivity (Wildman–Crippen MR) is 62.3 cm³/mol. The third-order valence-electron chi connectivity index (χ3n) is 1.74. The predicted octanol–water partition coefficient (Wildman–Crippen LogP) is 5.22. The van der Waals surface area contributed by atoms with Gasteiger partial charge in [-0.15, -0.1) is 0 Å². The summed E-state index contributed by atoms with van der Waals surface area (Å²) in [6, 6.07) is 0. The van der Waals surface area contributed by atoms with Crippen LogP contribution in [0.2, 0.25) is 0 Å². The number of alkyl halides is 8. The summed E-state index contributed by atoms with van der Waals surface area (Å²) in [7, 11) is -5.42. The molecule has 0 aromatic rings. The van der Waals surface area contributed by atoms with E-state index in [0.717, 1.165) is 0 Å². The van der Waals surface area contributed by atoms with E-state index in [9.17, 15) is 39.7 Å². The summed E-state index contributed by atoms with van der Waals surface area (Å²) in [5, 5.41) is 0. The second-order valence-corrected chi connectivity index (χ2v) is 6.26. The molecule has 0 atom stereocenters. The summed E-state index contributed by atoms with van der Waals surface area (Å²) < 4.78 is 120. The van der Waals surface area contributed by atoms with Crippen LogP contribution in [-0.2, 0) is 18.1 Å². The molecule has 0 rings (SSSR count). The largest absolute Gasteiger partial charge is 0.529 e. The molecule has 0 aliphatic heterocycles. The van der Waals surface area contributed by atoms with E-state index in [2.05, 4.69) is 13.6 Å². The van der Waals surface area contributed by atoms with Gasteiger partial charge in [0.25, 0.3) is 0 Å². The van der Waals surface area contributed by atoms with E-state index in [1.54, 1.807) is 0 Å². The summed E-state index contributed by atoms with van der Waals surface area (Å²) in [5.41, 5.74) is 0. The van der Waals surface area contributed by atoms with E-state index in [1.165, 1.54) is 0 Å². The fourth-order valence-electron chi connectivity index (χ4n) is 0.659. The molecule has 0 spiro atoms. The maximum absolute atomic E-state index is 12.6. The van der Waals surface area contributed by atoms with E-state index in [-0.39, 0.29) is 6.26 Å². The molecule has 0 amide bonds. The number of halogens is 10. The second kappa shape index (κ2) is 8.70. The van der Waals surface area contributed by atoms with Crippen LogP contribution in [0.3, 0.4) is 0 Å². The molecule has 0 aliphatic rings. The van der Waals surface area contributed by atoms with Crippen LogP contribution in [0.1, 0.15) is 0 Å². The maximum atomic E-state index is 12.6. The van der Waals surface area contributed by atoms with Gasteiger partial charge in [-0.05, 0) is 0 Å². The van der Waals surface area contributed by atoms with Gasteiger partial charge >= 0.3 is 32.5 Å². The summed E-state index contributed by atoms with van der Waals surface area (Å²) in [5.74, 6) is -9.69. The Morgan fingerprint density at radius 1 is 0.957 bits per heavy atom. The zero-order chi connectivity index (χ0) is 18.5. The van der Waals surface area contributed by atoms with Crippen molar-refractivity contribution in [1.82, 2.24) is 0 Å². The summed E-state index contributed by atoms with van der Waals surface area (Å²) in [6.07, 6.45) is -8.40. The van der Waals surface area contributed by atoms with Crippen LogP contribution in [0.25, 0.3) is 0 Å². The topological polar surface area (TPSA) is 44.8 Å². The molecule has 4 nitrogen and oxygen atoms in total. The van der Waals surface area contributed by atoms with Gasteiger partial charge < -0.3 is 4.52 Å². The van der Waals surface area contributed by atoms with Crippen LogP contribution < -0.4 is 0 Å². The molecule has 0 heterocycles. The van der Waals surface area contributed by atoms with Crippen molar-refractivity contribution in [1.29, 1.82) is 0 Å². The van der Waals surface area contributed by atoms with E-state index in [4.69, 9.17) is 23.2 Å². The molecule has 0 fully saturated rings. The number of hydrogen-bond donors (Lipinski definition) is 0. The van der Waals surface area contributed by atoms with Crippen LogP contribution in [0.4, 0.5) is 35.1 Å². The first-order valence-electron chi connectivity index (χ1n) is 5.12. The van der Waals surface area contributed by atoms with Gasteiger partial charge in [0.2, 0.25) is 0 Å². The first kappa shape index (κ1) is 22.7. The zero-order valence-corrected chi connectivity index (χ0v) is 12.9. The molecule has 0 aliphatic carbocycles. The Hall–Kier alpha value is -0.290.